The van der Waals surface area contributed by atoms with Crippen LogP contribution in [0, 0.1) is 12.7 Å². The van der Waals surface area contributed by atoms with Gasteiger partial charge >= 0.3 is 6.03 Å². The Morgan fingerprint density at radius 3 is 2.29 bits per heavy atom. The number of nitrogens with zero attached hydrogens (tertiary/aromatic N) is 2. The Morgan fingerprint density at radius 2 is 1.56 bits per heavy atom. The third-order valence-corrected chi connectivity index (χ3v) is 7.61. The van der Waals surface area contributed by atoms with Crippen molar-refractivity contribution in [2.24, 2.45) is 0 Å². The number of ether oxygens (including phenoxy) is 1. The van der Waals surface area contributed by atoms with E-state index < -0.39 is 0 Å². The van der Waals surface area contributed by atoms with Crippen LogP contribution in [-0.2, 0) is 6.54 Å². The molecule has 0 spiro atoms. The standard InChI is InChI=1S/C35H36FN5O4/c1-24-5-3-6-28(21-24)39-35(44)41-18-4-17-40(19-20-41)32-16-13-29(38-33(42)26-9-14-30(45-2)15-10-26)22-31(32)34(43)37-23-25-7-11-27(36)12-8-25/h3,5-16,21-22H,4,17-20,23H2,1-2H3,(H,37,43)(H,38,42)(H,39,44). The molecule has 0 aromatic heterocycles. The lowest BCUT2D eigenvalue weighted by Crippen LogP contribution is -2.38. The molecule has 4 amide bonds. The van der Waals surface area contributed by atoms with Gasteiger partial charge in [0.25, 0.3) is 11.8 Å². The number of rotatable bonds is 8. The fourth-order valence-electron chi connectivity index (χ4n) is 5.18. The van der Waals surface area contributed by atoms with Gasteiger partial charge in [0.15, 0.2) is 0 Å². The summed E-state index contributed by atoms with van der Waals surface area (Å²) in [4.78, 5) is 43.5. The van der Waals surface area contributed by atoms with Crippen molar-refractivity contribution in [1.29, 1.82) is 0 Å². The highest BCUT2D eigenvalue weighted by atomic mass is 19.1. The van der Waals surface area contributed by atoms with E-state index in [1.165, 1.54) is 12.1 Å². The molecule has 0 saturated carbocycles. The predicted octanol–water partition coefficient (Wildman–Crippen LogP) is 6.07. The average Bonchev–Trinajstić information content (AvgIpc) is 3.31. The lowest BCUT2D eigenvalue weighted by atomic mass is 10.1. The molecule has 0 bridgehead atoms. The first-order valence-corrected chi connectivity index (χ1v) is 14.8. The fraction of sp³-hybridized carbons (Fsp3) is 0.229. The summed E-state index contributed by atoms with van der Waals surface area (Å²) in [7, 11) is 1.56. The van der Waals surface area contributed by atoms with Gasteiger partial charge < -0.3 is 30.5 Å². The molecule has 1 fully saturated rings. The van der Waals surface area contributed by atoms with E-state index in [2.05, 4.69) is 20.9 Å². The lowest BCUT2D eigenvalue weighted by Gasteiger charge is -2.26. The van der Waals surface area contributed by atoms with Gasteiger partial charge in [-0.25, -0.2) is 9.18 Å². The molecule has 0 unspecified atom stereocenters. The van der Waals surface area contributed by atoms with Crippen LogP contribution in [0.25, 0.3) is 0 Å². The summed E-state index contributed by atoms with van der Waals surface area (Å²) >= 11 is 0. The number of amides is 4. The molecular formula is C35H36FN5O4. The van der Waals surface area contributed by atoms with Gasteiger partial charge in [-0.05, 0) is 91.2 Å². The zero-order valence-corrected chi connectivity index (χ0v) is 25.3. The Balaban J connectivity index is 1.33. The van der Waals surface area contributed by atoms with Gasteiger partial charge in [0.1, 0.15) is 11.6 Å². The molecule has 1 aliphatic rings. The van der Waals surface area contributed by atoms with Crippen LogP contribution < -0.4 is 25.6 Å². The Bertz CT molecular complexity index is 1660. The zero-order chi connectivity index (χ0) is 31.8. The van der Waals surface area contributed by atoms with Crippen molar-refractivity contribution >= 4 is 34.9 Å². The second kappa shape index (κ2) is 14.4. The van der Waals surface area contributed by atoms with E-state index in [4.69, 9.17) is 4.74 Å². The first-order chi connectivity index (χ1) is 21.8. The summed E-state index contributed by atoms with van der Waals surface area (Å²) in [5.74, 6) is -0.378. The summed E-state index contributed by atoms with van der Waals surface area (Å²) in [6.45, 7) is 4.35. The predicted molar refractivity (Wildman–Crippen MR) is 174 cm³/mol. The van der Waals surface area contributed by atoms with Crippen molar-refractivity contribution in [3.8, 4) is 5.75 Å². The zero-order valence-electron chi connectivity index (χ0n) is 25.3. The Morgan fingerprint density at radius 1 is 0.800 bits per heavy atom. The molecule has 5 rings (SSSR count). The van der Waals surface area contributed by atoms with Crippen molar-refractivity contribution in [2.75, 3.05) is 48.8 Å². The molecule has 10 heteroatoms. The minimum Gasteiger partial charge on any atom is -0.497 e. The lowest BCUT2D eigenvalue weighted by molar-refractivity contribution is 0.0950. The molecule has 3 N–H and O–H groups in total. The quantitative estimate of drug-likeness (QED) is 0.225. The van der Waals surface area contributed by atoms with E-state index in [0.717, 1.165) is 16.8 Å². The topological polar surface area (TPSA) is 103 Å². The van der Waals surface area contributed by atoms with Gasteiger partial charge in [-0.1, -0.05) is 24.3 Å². The second-order valence-corrected chi connectivity index (χ2v) is 10.9. The summed E-state index contributed by atoms with van der Waals surface area (Å²) in [6.07, 6.45) is 0.702. The number of methoxy groups -OCH3 is 1. The van der Waals surface area contributed by atoms with E-state index in [0.29, 0.717) is 60.9 Å². The first kappa shape index (κ1) is 31.1. The van der Waals surface area contributed by atoms with E-state index in [1.807, 2.05) is 37.3 Å². The molecule has 4 aromatic carbocycles. The van der Waals surface area contributed by atoms with Crippen molar-refractivity contribution in [2.45, 2.75) is 19.9 Å². The number of carbonyl (C=O) groups excluding carboxylic acids is 3. The maximum absolute atomic E-state index is 13.6. The number of aryl methyl sites for hydroxylation is 1. The Hall–Kier alpha value is -5.38. The van der Waals surface area contributed by atoms with Crippen LogP contribution in [0.15, 0.2) is 91.0 Å². The van der Waals surface area contributed by atoms with Crippen molar-refractivity contribution in [3.05, 3.63) is 119 Å². The number of nitrogens with one attached hydrogen (secondary N) is 3. The highest BCUT2D eigenvalue weighted by Gasteiger charge is 2.23. The average molecular weight is 610 g/mol. The number of halogens is 1. The normalized spacial score (nSPS) is 13.0. The molecule has 232 valence electrons. The highest BCUT2D eigenvalue weighted by Crippen LogP contribution is 2.27. The van der Waals surface area contributed by atoms with Gasteiger partial charge in [-0.2, -0.15) is 0 Å². The van der Waals surface area contributed by atoms with E-state index in [1.54, 1.807) is 60.5 Å². The summed E-state index contributed by atoms with van der Waals surface area (Å²) < 4.78 is 18.6. The number of hydrogen-bond donors (Lipinski definition) is 3. The van der Waals surface area contributed by atoms with E-state index in [9.17, 15) is 18.8 Å². The van der Waals surface area contributed by atoms with Gasteiger partial charge in [0.2, 0.25) is 0 Å². The van der Waals surface area contributed by atoms with Gasteiger partial charge in [0.05, 0.1) is 12.7 Å². The third-order valence-electron chi connectivity index (χ3n) is 7.61. The van der Waals surface area contributed by atoms with Gasteiger partial charge in [-0.15, -0.1) is 0 Å². The summed E-state index contributed by atoms with van der Waals surface area (Å²) in [5.41, 5.74) is 4.52. The van der Waals surface area contributed by atoms with Crippen molar-refractivity contribution < 1.29 is 23.5 Å². The van der Waals surface area contributed by atoms with Crippen LogP contribution >= 0.6 is 0 Å². The highest BCUT2D eigenvalue weighted by molar-refractivity contribution is 6.06. The second-order valence-electron chi connectivity index (χ2n) is 10.9. The SMILES string of the molecule is COc1ccc(C(=O)Nc2ccc(N3CCCN(C(=O)Nc4cccc(C)c4)CC3)c(C(=O)NCc3ccc(F)cc3)c2)cc1. The van der Waals surface area contributed by atoms with Gasteiger partial charge in [0, 0.05) is 55.3 Å². The molecular weight excluding hydrogens is 573 g/mol. The van der Waals surface area contributed by atoms with Crippen LogP contribution in [0.5, 0.6) is 5.75 Å². The summed E-state index contributed by atoms with van der Waals surface area (Å²) in [6, 6.07) is 25.4. The molecule has 9 nitrogen and oxygen atoms in total. The molecule has 0 atom stereocenters. The smallest absolute Gasteiger partial charge is 0.321 e. The maximum atomic E-state index is 13.6. The molecule has 45 heavy (non-hydrogen) atoms. The molecule has 0 aliphatic carbocycles. The number of hydrogen-bond acceptors (Lipinski definition) is 5. The first-order valence-electron chi connectivity index (χ1n) is 14.8. The molecule has 1 aliphatic heterocycles. The van der Waals surface area contributed by atoms with Crippen LogP contribution in [-0.4, -0.2) is 56.0 Å². The third kappa shape index (κ3) is 8.17. The number of benzene rings is 4. The monoisotopic (exact) mass is 609 g/mol. The Labute approximate surface area is 262 Å². The van der Waals surface area contributed by atoms with Crippen molar-refractivity contribution in [1.82, 2.24) is 10.2 Å². The minimum absolute atomic E-state index is 0.170. The largest absolute Gasteiger partial charge is 0.497 e. The van der Waals surface area contributed by atoms with Crippen LogP contribution in [0.2, 0.25) is 0 Å². The van der Waals surface area contributed by atoms with Crippen LogP contribution in [0.4, 0.5) is 26.2 Å². The maximum Gasteiger partial charge on any atom is 0.321 e. The number of urea groups is 1. The Kier molecular flexibility index (Phi) is 9.93. The molecule has 4 aromatic rings. The number of carbonyl (C=O) groups is 3. The molecule has 0 radical (unpaired) electrons. The van der Waals surface area contributed by atoms with Crippen LogP contribution in [0.3, 0.4) is 0 Å². The van der Waals surface area contributed by atoms with Crippen molar-refractivity contribution in [3.63, 3.8) is 0 Å². The van der Waals surface area contributed by atoms with E-state index >= 15 is 0 Å². The molecule has 1 saturated heterocycles. The number of anilines is 3. The van der Waals surface area contributed by atoms with Crippen LogP contribution in [0.1, 0.15) is 38.3 Å². The van der Waals surface area contributed by atoms with E-state index in [-0.39, 0.29) is 30.2 Å². The molecule has 1 heterocycles. The van der Waals surface area contributed by atoms with Gasteiger partial charge in [-0.3, -0.25) is 9.59 Å². The fourth-order valence-corrected chi connectivity index (χ4v) is 5.18. The minimum atomic E-state index is -0.351. The summed E-state index contributed by atoms with van der Waals surface area (Å²) in [5, 5.41) is 8.79.